The Bertz CT molecular complexity index is 606. The van der Waals surface area contributed by atoms with E-state index in [0.717, 1.165) is 36.9 Å². The van der Waals surface area contributed by atoms with E-state index in [1.165, 1.54) is 0 Å². The average Bonchev–Trinajstić information content (AvgIpc) is 2.88. The number of nitrogens with zero attached hydrogens (tertiary/aromatic N) is 3. The zero-order valence-electron chi connectivity index (χ0n) is 11.9. The van der Waals surface area contributed by atoms with Crippen molar-refractivity contribution >= 4 is 11.4 Å². The molecule has 106 valence electrons. The largest absolute Gasteiger partial charge is 0.489 e. The lowest BCUT2D eigenvalue weighted by Gasteiger charge is -2.31. The Hall–Kier alpha value is -2.17. The van der Waals surface area contributed by atoms with Gasteiger partial charge in [-0.05, 0) is 26.0 Å². The number of benzene rings is 1. The Morgan fingerprint density at radius 1 is 1.30 bits per heavy atom. The molecule has 2 heterocycles. The zero-order valence-corrected chi connectivity index (χ0v) is 11.9. The smallest absolute Gasteiger partial charge is 0.144 e. The highest BCUT2D eigenvalue weighted by Crippen LogP contribution is 2.34. The van der Waals surface area contributed by atoms with Crippen LogP contribution in [0.4, 0.5) is 11.4 Å². The molecule has 0 saturated carbocycles. The van der Waals surface area contributed by atoms with Crippen molar-refractivity contribution in [3.05, 3.63) is 36.4 Å². The van der Waals surface area contributed by atoms with Crippen LogP contribution in [0.3, 0.4) is 0 Å². The van der Waals surface area contributed by atoms with E-state index in [4.69, 9.17) is 10.5 Å². The molecule has 0 spiro atoms. The van der Waals surface area contributed by atoms with E-state index in [1.807, 2.05) is 44.4 Å². The first-order valence-corrected chi connectivity index (χ1v) is 6.95. The quantitative estimate of drug-likeness (QED) is 0.871. The van der Waals surface area contributed by atoms with Crippen LogP contribution < -0.4 is 15.4 Å². The molecule has 1 aromatic heterocycles. The molecule has 2 aromatic rings. The number of anilines is 2. The van der Waals surface area contributed by atoms with Crippen molar-refractivity contribution < 1.29 is 4.74 Å². The standard InChI is InChI=1S/C15H20N4O/c1-11(2)20-13-5-3-4-12(15(13)16)19-9-8-18-7-6-17-14(18)10-19/h3-7,11H,8-10,16H2,1-2H3. The summed E-state index contributed by atoms with van der Waals surface area (Å²) in [5.41, 5.74) is 8.00. The maximum atomic E-state index is 6.26. The molecule has 0 aliphatic carbocycles. The second kappa shape index (κ2) is 5.07. The Morgan fingerprint density at radius 2 is 2.15 bits per heavy atom. The molecule has 5 heteroatoms. The molecular weight excluding hydrogens is 252 g/mol. The van der Waals surface area contributed by atoms with Crippen LogP contribution in [0.2, 0.25) is 0 Å². The highest BCUT2D eigenvalue weighted by atomic mass is 16.5. The molecule has 5 nitrogen and oxygen atoms in total. The average molecular weight is 272 g/mol. The van der Waals surface area contributed by atoms with Gasteiger partial charge >= 0.3 is 0 Å². The summed E-state index contributed by atoms with van der Waals surface area (Å²) < 4.78 is 7.94. The fourth-order valence-electron chi connectivity index (χ4n) is 2.54. The number of nitrogens with two attached hydrogens (primary N) is 1. The first kappa shape index (κ1) is 12.8. The van der Waals surface area contributed by atoms with Crippen LogP contribution in [0.1, 0.15) is 19.7 Å². The predicted octanol–water partition coefficient (Wildman–Crippen LogP) is 2.27. The summed E-state index contributed by atoms with van der Waals surface area (Å²) in [6.07, 6.45) is 3.99. The highest BCUT2D eigenvalue weighted by molar-refractivity contribution is 5.74. The summed E-state index contributed by atoms with van der Waals surface area (Å²) in [4.78, 5) is 6.64. The molecule has 2 N–H and O–H groups in total. The molecule has 3 rings (SSSR count). The van der Waals surface area contributed by atoms with Gasteiger partial charge in [0, 0.05) is 25.5 Å². The number of aromatic nitrogens is 2. The first-order valence-electron chi connectivity index (χ1n) is 6.95. The van der Waals surface area contributed by atoms with Gasteiger partial charge < -0.3 is 19.9 Å². The normalized spacial score (nSPS) is 14.4. The van der Waals surface area contributed by atoms with Gasteiger partial charge in [-0.3, -0.25) is 0 Å². The Balaban J connectivity index is 1.88. The number of fused-ring (bicyclic) bond motifs is 1. The Morgan fingerprint density at radius 3 is 2.95 bits per heavy atom. The molecule has 0 bridgehead atoms. The lowest BCUT2D eigenvalue weighted by atomic mass is 10.2. The number of para-hydroxylation sites is 1. The third kappa shape index (κ3) is 2.31. The summed E-state index contributed by atoms with van der Waals surface area (Å²) in [7, 11) is 0. The van der Waals surface area contributed by atoms with Crippen LogP contribution in [-0.2, 0) is 13.1 Å². The molecule has 1 aromatic carbocycles. The fraction of sp³-hybridized carbons (Fsp3) is 0.400. The number of rotatable bonds is 3. The van der Waals surface area contributed by atoms with Crippen LogP contribution in [0.5, 0.6) is 5.75 Å². The molecule has 0 atom stereocenters. The third-order valence-corrected chi connectivity index (χ3v) is 3.49. The van der Waals surface area contributed by atoms with E-state index >= 15 is 0 Å². The molecule has 0 radical (unpaired) electrons. The maximum absolute atomic E-state index is 6.26. The van der Waals surface area contributed by atoms with Crippen molar-refractivity contribution in [2.45, 2.75) is 33.0 Å². The minimum atomic E-state index is 0.118. The van der Waals surface area contributed by atoms with E-state index in [0.29, 0.717) is 5.69 Å². The van der Waals surface area contributed by atoms with Crippen molar-refractivity contribution in [1.82, 2.24) is 9.55 Å². The fourth-order valence-corrected chi connectivity index (χ4v) is 2.54. The van der Waals surface area contributed by atoms with E-state index in [2.05, 4.69) is 14.5 Å². The third-order valence-electron chi connectivity index (χ3n) is 3.49. The van der Waals surface area contributed by atoms with E-state index in [-0.39, 0.29) is 6.10 Å². The van der Waals surface area contributed by atoms with Gasteiger partial charge in [0.25, 0.3) is 0 Å². The van der Waals surface area contributed by atoms with Crippen molar-refractivity contribution in [2.24, 2.45) is 0 Å². The van der Waals surface area contributed by atoms with Gasteiger partial charge in [0.05, 0.1) is 24.0 Å². The summed E-state index contributed by atoms with van der Waals surface area (Å²) in [5, 5.41) is 0. The van der Waals surface area contributed by atoms with Gasteiger partial charge in [0.2, 0.25) is 0 Å². The molecule has 1 aliphatic rings. The Labute approximate surface area is 119 Å². The van der Waals surface area contributed by atoms with Crippen LogP contribution >= 0.6 is 0 Å². The van der Waals surface area contributed by atoms with E-state index in [9.17, 15) is 0 Å². The number of hydrogen-bond donors (Lipinski definition) is 1. The summed E-state index contributed by atoms with van der Waals surface area (Å²) in [5.74, 6) is 1.83. The minimum Gasteiger partial charge on any atom is -0.489 e. The van der Waals surface area contributed by atoms with Gasteiger partial charge in [-0.2, -0.15) is 0 Å². The van der Waals surface area contributed by atoms with Gasteiger partial charge in [0.15, 0.2) is 0 Å². The summed E-state index contributed by atoms with van der Waals surface area (Å²) >= 11 is 0. The zero-order chi connectivity index (χ0) is 14.1. The van der Waals surface area contributed by atoms with Gasteiger partial charge in [-0.25, -0.2) is 4.98 Å². The van der Waals surface area contributed by atoms with E-state index < -0.39 is 0 Å². The van der Waals surface area contributed by atoms with Crippen molar-refractivity contribution in [1.29, 1.82) is 0 Å². The van der Waals surface area contributed by atoms with Gasteiger partial charge in [-0.1, -0.05) is 6.07 Å². The van der Waals surface area contributed by atoms with Crippen LogP contribution in [-0.4, -0.2) is 22.2 Å². The number of imidazole rings is 1. The number of hydrogen-bond acceptors (Lipinski definition) is 4. The SMILES string of the molecule is CC(C)Oc1cccc(N2CCn3ccnc3C2)c1N. The minimum absolute atomic E-state index is 0.118. The van der Waals surface area contributed by atoms with Crippen LogP contribution in [0.25, 0.3) is 0 Å². The highest BCUT2D eigenvalue weighted by Gasteiger charge is 2.20. The predicted molar refractivity (Wildman–Crippen MR) is 79.9 cm³/mol. The van der Waals surface area contributed by atoms with Crippen molar-refractivity contribution in [2.75, 3.05) is 17.2 Å². The lowest BCUT2D eigenvalue weighted by molar-refractivity contribution is 0.244. The monoisotopic (exact) mass is 272 g/mol. The molecule has 0 fully saturated rings. The summed E-state index contributed by atoms with van der Waals surface area (Å²) in [6.45, 7) is 6.65. The van der Waals surface area contributed by atoms with Crippen molar-refractivity contribution in [3.8, 4) is 5.75 Å². The molecule has 1 aliphatic heterocycles. The van der Waals surface area contributed by atoms with Crippen molar-refractivity contribution in [3.63, 3.8) is 0 Å². The number of nitrogen functional groups attached to an aromatic ring is 1. The van der Waals surface area contributed by atoms with Gasteiger partial charge in [0.1, 0.15) is 11.6 Å². The second-order valence-corrected chi connectivity index (χ2v) is 5.31. The molecule has 0 saturated heterocycles. The number of ether oxygens (including phenoxy) is 1. The lowest BCUT2D eigenvalue weighted by Crippen LogP contribution is -2.34. The molecule has 0 amide bonds. The topological polar surface area (TPSA) is 56.3 Å². The molecule has 20 heavy (non-hydrogen) atoms. The van der Waals surface area contributed by atoms with Crippen LogP contribution in [0, 0.1) is 0 Å². The maximum Gasteiger partial charge on any atom is 0.144 e. The van der Waals surface area contributed by atoms with Crippen LogP contribution in [0.15, 0.2) is 30.6 Å². The first-order chi connectivity index (χ1) is 9.65. The second-order valence-electron chi connectivity index (χ2n) is 5.31. The molecule has 0 unspecified atom stereocenters. The van der Waals surface area contributed by atoms with E-state index in [1.54, 1.807) is 0 Å². The summed E-state index contributed by atoms with van der Waals surface area (Å²) in [6, 6.07) is 5.95. The van der Waals surface area contributed by atoms with Gasteiger partial charge in [-0.15, -0.1) is 0 Å². The Kier molecular flexibility index (Phi) is 3.26. The molecular formula is C15H20N4O.